The van der Waals surface area contributed by atoms with E-state index in [1.165, 1.54) is 0 Å². The van der Waals surface area contributed by atoms with Gasteiger partial charge in [-0.15, -0.1) is 0 Å². The molecule has 112 valence electrons. The van der Waals surface area contributed by atoms with E-state index in [0.29, 0.717) is 12.4 Å². The second kappa shape index (κ2) is 7.33. The van der Waals surface area contributed by atoms with Gasteiger partial charge in [-0.05, 0) is 12.5 Å². The van der Waals surface area contributed by atoms with Crippen LogP contribution in [0.4, 0.5) is 17.6 Å². The number of nitrogen functional groups attached to an aromatic ring is 1. The Morgan fingerprint density at radius 1 is 1.14 bits per heavy atom. The van der Waals surface area contributed by atoms with E-state index < -0.39 is 0 Å². The Bertz CT molecular complexity index is 588. The molecule has 6 nitrogen and oxygen atoms in total. The lowest BCUT2D eigenvalue weighted by molar-refractivity contribution is 0.410. The molecule has 21 heavy (non-hydrogen) atoms. The summed E-state index contributed by atoms with van der Waals surface area (Å²) < 4.78 is 5.32. The van der Waals surface area contributed by atoms with Crippen LogP contribution in [-0.2, 0) is 6.54 Å². The molecule has 0 amide bonds. The van der Waals surface area contributed by atoms with Crippen LogP contribution in [0.3, 0.4) is 0 Å². The molecule has 0 saturated heterocycles. The third-order valence-corrected chi connectivity index (χ3v) is 2.95. The van der Waals surface area contributed by atoms with Gasteiger partial charge in [0.1, 0.15) is 17.4 Å². The molecular weight excluding hydrogens is 266 g/mol. The maximum atomic E-state index is 5.73. The zero-order valence-corrected chi connectivity index (χ0v) is 12.4. The first-order valence-corrected chi connectivity index (χ1v) is 6.97. The number of anilines is 3. The van der Waals surface area contributed by atoms with Crippen LogP contribution in [-0.4, -0.2) is 23.6 Å². The SMILES string of the molecule is CCCNc1cc(NCc2ccccc2OC)nc(N)n1. The Morgan fingerprint density at radius 2 is 1.86 bits per heavy atom. The molecule has 0 aliphatic carbocycles. The lowest BCUT2D eigenvalue weighted by Crippen LogP contribution is -2.09. The van der Waals surface area contributed by atoms with Crippen molar-refractivity contribution in [2.24, 2.45) is 0 Å². The summed E-state index contributed by atoms with van der Waals surface area (Å²) in [5.41, 5.74) is 6.79. The van der Waals surface area contributed by atoms with E-state index >= 15 is 0 Å². The smallest absolute Gasteiger partial charge is 0.223 e. The summed E-state index contributed by atoms with van der Waals surface area (Å²) in [6, 6.07) is 9.70. The number of aromatic nitrogens is 2. The highest BCUT2D eigenvalue weighted by Crippen LogP contribution is 2.19. The number of nitrogens with zero attached hydrogens (tertiary/aromatic N) is 2. The number of nitrogens with one attached hydrogen (secondary N) is 2. The number of ether oxygens (including phenoxy) is 1. The van der Waals surface area contributed by atoms with Gasteiger partial charge < -0.3 is 21.1 Å². The van der Waals surface area contributed by atoms with E-state index in [9.17, 15) is 0 Å². The fourth-order valence-electron chi connectivity index (χ4n) is 1.93. The fraction of sp³-hybridized carbons (Fsp3) is 0.333. The largest absolute Gasteiger partial charge is 0.496 e. The first-order valence-electron chi connectivity index (χ1n) is 6.97. The third kappa shape index (κ3) is 4.24. The molecule has 6 heteroatoms. The first kappa shape index (κ1) is 14.9. The highest BCUT2D eigenvalue weighted by atomic mass is 16.5. The summed E-state index contributed by atoms with van der Waals surface area (Å²) in [4.78, 5) is 8.34. The number of benzene rings is 1. The second-order valence-electron chi connectivity index (χ2n) is 4.59. The Hall–Kier alpha value is -2.50. The zero-order valence-electron chi connectivity index (χ0n) is 12.4. The highest BCUT2D eigenvalue weighted by Gasteiger charge is 2.04. The summed E-state index contributed by atoms with van der Waals surface area (Å²) in [6.45, 7) is 3.55. The lowest BCUT2D eigenvalue weighted by Gasteiger charge is -2.11. The molecule has 0 saturated carbocycles. The number of hydrogen-bond acceptors (Lipinski definition) is 6. The van der Waals surface area contributed by atoms with Crippen LogP contribution in [0, 0.1) is 0 Å². The molecule has 0 radical (unpaired) electrons. The van der Waals surface area contributed by atoms with Crippen molar-refractivity contribution >= 4 is 17.6 Å². The highest BCUT2D eigenvalue weighted by molar-refractivity contribution is 5.51. The predicted octanol–water partition coefficient (Wildman–Crippen LogP) is 2.50. The Morgan fingerprint density at radius 3 is 2.57 bits per heavy atom. The molecular formula is C15H21N5O. The van der Waals surface area contributed by atoms with Crippen LogP contribution >= 0.6 is 0 Å². The molecule has 2 aromatic rings. The van der Waals surface area contributed by atoms with Crippen molar-refractivity contribution in [2.45, 2.75) is 19.9 Å². The van der Waals surface area contributed by atoms with Crippen molar-refractivity contribution < 1.29 is 4.74 Å². The zero-order chi connectivity index (χ0) is 15.1. The van der Waals surface area contributed by atoms with Gasteiger partial charge >= 0.3 is 0 Å². The fourth-order valence-corrected chi connectivity index (χ4v) is 1.93. The van der Waals surface area contributed by atoms with E-state index in [0.717, 1.165) is 30.1 Å². The van der Waals surface area contributed by atoms with Crippen LogP contribution in [0.25, 0.3) is 0 Å². The van der Waals surface area contributed by atoms with Gasteiger partial charge in [-0.1, -0.05) is 25.1 Å². The number of methoxy groups -OCH3 is 1. The van der Waals surface area contributed by atoms with E-state index in [4.69, 9.17) is 10.5 Å². The van der Waals surface area contributed by atoms with E-state index in [-0.39, 0.29) is 5.95 Å². The number of para-hydroxylation sites is 1. The molecule has 0 unspecified atom stereocenters. The molecule has 1 aromatic carbocycles. The minimum Gasteiger partial charge on any atom is -0.496 e. The van der Waals surface area contributed by atoms with Crippen molar-refractivity contribution in [2.75, 3.05) is 30.0 Å². The van der Waals surface area contributed by atoms with Gasteiger partial charge in [-0.25, -0.2) is 0 Å². The summed E-state index contributed by atoms with van der Waals surface area (Å²) in [7, 11) is 1.66. The van der Waals surface area contributed by atoms with E-state index in [1.807, 2.05) is 30.3 Å². The van der Waals surface area contributed by atoms with Crippen molar-refractivity contribution in [3.8, 4) is 5.75 Å². The van der Waals surface area contributed by atoms with Crippen molar-refractivity contribution in [3.05, 3.63) is 35.9 Å². The van der Waals surface area contributed by atoms with Crippen LogP contribution < -0.4 is 21.1 Å². The molecule has 0 aliphatic heterocycles. The monoisotopic (exact) mass is 287 g/mol. The number of hydrogen-bond donors (Lipinski definition) is 3. The maximum absolute atomic E-state index is 5.73. The number of rotatable bonds is 7. The van der Waals surface area contributed by atoms with E-state index in [1.54, 1.807) is 7.11 Å². The maximum Gasteiger partial charge on any atom is 0.223 e. The van der Waals surface area contributed by atoms with Gasteiger partial charge in [-0.3, -0.25) is 0 Å². The molecule has 0 bridgehead atoms. The average Bonchev–Trinajstić information content (AvgIpc) is 2.50. The lowest BCUT2D eigenvalue weighted by atomic mass is 10.2. The minimum atomic E-state index is 0.249. The van der Waals surface area contributed by atoms with Crippen LogP contribution in [0.1, 0.15) is 18.9 Å². The molecule has 1 aromatic heterocycles. The van der Waals surface area contributed by atoms with Crippen molar-refractivity contribution in [1.82, 2.24) is 9.97 Å². The molecule has 0 spiro atoms. The van der Waals surface area contributed by atoms with Crippen LogP contribution in [0.2, 0.25) is 0 Å². The van der Waals surface area contributed by atoms with Gasteiger partial charge in [0, 0.05) is 24.7 Å². The summed E-state index contributed by atoms with van der Waals surface area (Å²) in [5, 5.41) is 6.44. The molecule has 0 atom stereocenters. The third-order valence-electron chi connectivity index (χ3n) is 2.95. The average molecular weight is 287 g/mol. The van der Waals surface area contributed by atoms with E-state index in [2.05, 4.69) is 27.5 Å². The van der Waals surface area contributed by atoms with Crippen molar-refractivity contribution in [3.63, 3.8) is 0 Å². The van der Waals surface area contributed by atoms with Gasteiger partial charge in [0.05, 0.1) is 7.11 Å². The molecule has 1 heterocycles. The summed E-state index contributed by atoms with van der Waals surface area (Å²) in [6.07, 6.45) is 1.02. The first-order chi connectivity index (χ1) is 10.2. The molecule has 4 N–H and O–H groups in total. The Balaban J connectivity index is 2.07. The summed E-state index contributed by atoms with van der Waals surface area (Å²) in [5.74, 6) is 2.51. The standard InChI is InChI=1S/C15H21N5O/c1-3-8-17-13-9-14(20-15(16)19-13)18-10-11-6-4-5-7-12(11)21-2/h4-7,9H,3,8,10H2,1-2H3,(H4,16,17,18,19,20). The molecule has 0 fully saturated rings. The topological polar surface area (TPSA) is 85.1 Å². The molecule has 2 rings (SSSR count). The van der Waals surface area contributed by atoms with Gasteiger partial charge in [0.15, 0.2) is 0 Å². The van der Waals surface area contributed by atoms with Gasteiger partial charge in [0.2, 0.25) is 5.95 Å². The Kier molecular flexibility index (Phi) is 5.20. The predicted molar refractivity (Wildman–Crippen MR) is 85.5 cm³/mol. The van der Waals surface area contributed by atoms with Crippen LogP contribution in [0.15, 0.2) is 30.3 Å². The minimum absolute atomic E-state index is 0.249. The second-order valence-corrected chi connectivity index (χ2v) is 4.59. The quantitative estimate of drug-likeness (QED) is 0.725. The van der Waals surface area contributed by atoms with Crippen LogP contribution in [0.5, 0.6) is 5.75 Å². The Labute approximate surface area is 124 Å². The normalized spacial score (nSPS) is 10.2. The molecule has 0 aliphatic rings. The van der Waals surface area contributed by atoms with Gasteiger partial charge in [0.25, 0.3) is 0 Å². The number of nitrogens with two attached hydrogens (primary N) is 1. The van der Waals surface area contributed by atoms with Gasteiger partial charge in [-0.2, -0.15) is 9.97 Å². The summed E-state index contributed by atoms with van der Waals surface area (Å²) >= 11 is 0. The van der Waals surface area contributed by atoms with Crippen molar-refractivity contribution in [1.29, 1.82) is 0 Å².